The number of nitrogens with zero attached hydrogens (tertiary/aromatic N) is 4. The Morgan fingerprint density at radius 1 is 1.07 bits per heavy atom. The summed E-state index contributed by atoms with van der Waals surface area (Å²) in [7, 11) is 1.79. The SMILES string of the molecule is Cn1nnnc1NCc1c(OCc2cccc(Cl)c2)ccc2ccccc12. The van der Waals surface area contributed by atoms with Gasteiger partial charge in [-0.25, -0.2) is 4.68 Å². The monoisotopic (exact) mass is 379 g/mol. The van der Waals surface area contributed by atoms with Gasteiger partial charge in [-0.1, -0.05) is 59.2 Å². The standard InChI is InChI=1S/C20H18ClN5O/c1-26-20(23-24-25-26)22-12-18-17-8-3-2-6-15(17)9-10-19(18)27-13-14-5-4-7-16(21)11-14/h2-11H,12-13H2,1H3,(H,22,23,25). The zero-order chi connectivity index (χ0) is 18.6. The maximum Gasteiger partial charge on any atom is 0.242 e. The number of aryl methyl sites for hydroxylation is 1. The normalized spacial score (nSPS) is 10.9. The summed E-state index contributed by atoms with van der Waals surface area (Å²) in [4.78, 5) is 0. The molecule has 3 aromatic carbocycles. The molecule has 0 saturated carbocycles. The smallest absolute Gasteiger partial charge is 0.242 e. The summed E-state index contributed by atoms with van der Waals surface area (Å²) in [6, 6.07) is 20.0. The second-order valence-electron chi connectivity index (χ2n) is 6.16. The van der Waals surface area contributed by atoms with Gasteiger partial charge in [0, 0.05) is 24.2 Å². The van der Waals surface area contributed by atoms with Crippen LogP contribution in [-0.2, 0) is 20.2 Å². The number of benzene rings is 3. The van der Waals surface area contributed by atoms with Crippen molar-refractivity contribution in [1.29, 1.82) is 0 Å². The summed E-state index contributed by atoms with van der Waals surface area (Å²) in [6.07, 6.45) is 0. The van der Waals surface area contributed by atoms with E-state index < -0.39 is 0 Å². The highest BCUT2D eigenvalue weighted by Crippen LogP contribution is 2.29. The minimum absolute atomic E-state index is 0.442. The van der Waals surface area contributed by atoms with Gasteiger partial charge in [0.15, 0.2) is 0 Å². The van der Waals surface area contributed by atoms with E-state index in [9.17, 15) is 0 Å². The number of aromatic nitrogens is 4. The third-order valence-electron chi connectivity index (χ3n) is 4.32. The summed E-state index contributed by atoms with van der Waals surface area (Å²) >= 11 is 6.07. The first-order valence-corrected chi connectivity index (χ1v) is 8.92. The molecule has 4 rings (SSSR count). The summed E-state index contributed by atoms with van der Waals surface area (Å²) in [5.41, 5.74) is 2.07. The van der Waals surface area contributed by atoms with E-state index in [4.69, 9.17) is 16.3 Å². The maximum absolute atomic E-state index is 6.13. The van der Waals surface area contributed by atoms with Crippen molar-refractivity contribution in [3.8, 4) is 5.75 Å². The largest absolute Gasteiger partial charge is 0.489 e. The van der Waals surface area contributed by atoms with Crippen LogP contribution in [0.15, 0.2) is 60.7 Å². The topological polar surface area (TPSA) is 64.9 Å². The predicted octanol–water partition coefficient (Wildman–Crippen LogP) is 4.21. The molecule has 0 aliphatic heterocycles. The first kappa shape index (κ1) is 17.3. The Bertz CT molecular complexity index is 1080. The van der Waals surface area contributed by atoms with Crippen molar-refractivity contribution >= 4 is 28.3 Å². The molecule has 0 saturated heterocycles. The minimum Gasteiger partial charge on any atom is -0.489 e. The zero-order valence-corrected chi connectivity index (χ0v) is 15.5. The van der Waals surface area contributed by atoms with Crippen molar-refractivity contribution in [2.75, 3.05) is 5.32 Å². The molecule has 0 radical (unpaired) electrons. The van der Waals surface area contributed by atoms with Crippen LogP contribution < -0.4 is 10.1 Å². The summed E-state index contributed by atoms with van der Waals surface area (Å²) < 4.78 is 7.72. The van der Waals surface area contributed by atoms with Crippen LogP contribution in [0.3, 0.4) is 0 Å². The van der Waals surface area contributed by atoms with Gasteiger partial charge in [0.1, 0.15) is 12.4 Å². The molecule has 0 aliphatic rings. The lowest BCUT2D eigenvalue weighted by Crippen LogP contribution is -2.08. The van der Waals surface area contributed by atoms with Crippen molar-refractivity contribution in [3.05, 3.63) is 76.8 Å². The number of tetrazole rings is 1. The Kier molecular flexibility index (Phi) is 4.89. The van der Waals surface area contributed by atoms with Crippen LogP contribution >= 0.6 is 11.6 Å². The van der Waals surface area contributed by atoms with E-state index in [-0.39, 0.29) is 0 Å². The fourth-order valence-electron chi connectivity index (χ4n) is 2.97. The highest BCUT2D eigenvalue weighted by Gasteiger charge is 2.11. The molecule has 0 spiro atoms. The van der Waals surface area contributed by atoms with Gasteiger partial charge in [0.2, 0.25) is 5.95 Å². The Hall–Kier alpha value is -3.12. The molecule has 0 aliphatic carbocycles. The van der Waals surface area contributed by atoms with Crippen LogP contribution in [0, 0.1) is 0 Å². The van der Waals surface area contributed by atoms with Crippen molar-refractivity contribution in [1.82, 2.24) is 20.2 Å². The van der Waals surface area contributed by atoms with Gasteiger partial charge in [-0.05, 0) is 45.0 Å². The quantitative estimate of drug-likeness (QED) is 0.543. The summed E-state index contributed by atoms with van der Waals surface area (Å²) in [5.74, 6) is 1.42. The first-order valence-electron chi connectivity index (χ1n) is 8.55. The van der Waals surface area contributed by atoms with E-state index in [2.05, 4.69) is 39.0 Å². The fraction of sp³-hybridized carbons (Fsp3) is 0.150. The van der Waals surface area contributed by atoms with Gasteiger partial charge in [0.05, 0.1) is 0 Å². The number of ether oxygens (including phenoxy) is 1. The van der Waals surface area contributed by atoms with Crippen LogP contribution in [0.25, 0.3) is 10.8 Å². The second kappa shape index (κ2) is 7.63. The lowest BCUT2D eigenvalue weighted by molar-refractivity contribution is 0.304. The molecule has 1 heterocycles. The van der Waals surface area contributed by atoms with E-state index in [0.717, 1.165) is 27.6 Å². The zero-order valence-electron chi connectivity index (χ0n) is 14.8. The third kappa shape index (κ3) is 3.85. The van der Waals surface area contributed by atoms with Gasteiger partial charge in [0.25, 0.3) is 0 Å². The van der Waals surface area contributed by atoms with Gasteiger partial charge in [-0.15, -0.1) is 0 Å². The van der Waals surface area contributed by atoms with Gasteiger partial charge >= 0.3 is 0 Å². The third-order valence-corrected chi connectivity index (χ3v) is 4.56. The van der Waals surface area contributed by atoms with Crippen LogP contribution in [0.4, 0.5) is 5.95 Å². The Labute approximate surface area is 161 Å². The first-order chi connectivity index (χ1) is 13.2. The number of fused-ring (bicyclic) bond motifs is 1. The van der Waals surface area contributed by atoms with Crippen LogP contribution in [0.1, 0.15) is 11.1 Å². The highest BCUT2D eigenvalue weighted by atomic mass is 35.5. The number of rotatable bonds is 6. The average molecular weight is 380 g/mol. The van der Waals surface area contributed by atoms with E-state index in [1.54, 1.807) is 11.7 Å². The second-order valence-corrected chi connectivity index (χ2v) is 6.60. The number of hydrogen-bond donors (Lipinski definition) is 1. The van der Waals surface area contributed by atoms with Crippen molar-refractivity contribution < 1.29 is 4.74 Å². The van der Waals surface area contributed by atoms with E-state index in [1.807, 2.05) is 42.5 Å². The Balaban J connectivity index is 1.63. The van der Waals surface area contributed by atoms with E-state index in [1.165, 1.54) is 0 Å². The van der Waals surface area contributed by atoms with E-state index in [0.29, 0.717) is 24.1 Å². The summed E-state index contributed by atoms with van der Waals surface area (Å²) in [6.45, 7) is 0.984. The lowest BCUT2D eigenvalue weighted by Gasteiger charge is -2.15. The van der Waals surface area contributed by atoms with Gasteiger partial charge < -0.3 is 10.1 Å². The number of hydrogen-bond acceptors (Lipinski definition) is 5. The molecule has 0 amide bonds. The molecule has 7 heteroatoms. The maximum atomic E-state index is 6.13. The van der Waals surface area contributed by atoms with Gasteiger partial charge in [-0.3, -0.25) is 0 Å². The molecule has 1 aromatic heterocycles. The number of anilines is 1. The van der Waals surface area contributed by atoms with Crippen LogP contribution in [-0.4, -0.2) is 20.2 Å². The molecule has 0 fully saturated rings. The Morgan fingerprint density at radius 3 is 2.78 bits per heavy atom. The average Bonchev–Trinajstić information content (AvgIpc) is 3.09. The highest BCUT2D eigenvalue weighted by molar-refractivity contribution is 6.30. The minimum atomic E-state index is 0.442. The number of nitrogens with one attached hydrogen (secondary N) is 1. The molecule has 27 heavy (non-hydrogen) atoms. The fourth-order valence-corrected chi connectivity index (χ4v) is 3.18. The van der Waals surface area contributed by atoms with E-state index >= 15 is 0 Å². The molecule has 136 valence electrons. The molecule has 6 nitrogen and oxygen atoms in total. The van der Waals surface area contributed by atoms with Crippen molar-refractivity contribution in [2.24, 2.45) is 7.05 Å². The summed E-state index contributed by atoms with van der Waals surface area (Å²) in [5, 5.41) is 17.7. The lowest BCUT2D eigenvalue weighted by atomic mass is 10.0. The molecule has 0 unspecified atom stereocenters. The molecular weight excluding hydrogens is 362 g/mol. The Morgan fingerprint density at radius 2 is 1.96 bits per heavy atom. The predicted molar refractivity (Wildman–Crippen MR) is 106 cm³/mol. The molecule has 0 bridgehead atoms. The molecule has 1 N–H and O–H groups in total. The molecular formula is C20H18ClN5O. The number of halogens is 1. The molecule has 0 atom stereocenters. The molecule has 4 aromatic rings. The van der Waals surface area contributed by atoms with Gasteiger partial charge in [-0.2, -0.15) is 0 Å². The van der Waals surface area contributed by atoms with Crippen LogP contribution in [0.2, 0.25) is 5.02 Å². The van der Waals surface area contributed by atoms with Crippen LogP contribution in [0.5, 0.6) is 5.75 Å². The van der Waals surface area contributed by atoms with Crippen molar-refractivity contribution in [2.45, 2.75) is 13.2 Å². The van der Waals surface area contributed by atoms with Crippen molar-refractivity contribution in [3.63, 3.8) is 0 Å².